The first-order valence-corrected chi connectivity index (χ1v) is 13.7. The van der Waals surface area contributed by atoms with Crippen LogP contribution in [0.25, 0.3) is 11.5 Å². The summed E-state index contributed by atoms with van der Waals surface area (Å²) >= 11 is 0. The van der Waals surface area contributed by atoms with E-state index in [1.807, 2.05) is 52.8 Å². The fourth-order valence-corrected chi connectivity index (χ4v) is 5.35. The van der Waals surface area contributed by atoms with E-state index in [0.29, 0.717) is 23.1 Å². The second-order valence-corrected chi connectivity index (χ2v) is 11.7. The summed E-state index contributed by atoms with van der Waals surface area (Å²) in [6, 6.07) is 6.84. The first kappa shape index (κ1) is 26.6. The lowest BCUT2D eigenvalue weighted by atomic mass is 10.2. The first-order chi connectivity index (χ1) is 17.6. The Labute approximate surface area is 216 Å². The summed E-state index contributed by atoms with van der Waals surface area (Å²) in [4.78, 5) is 13.3. The highest BCUT2D eigenvalue weighted by atomic mass is 32.2. The van der Waals surface area contributed by atoms with E-state index in [9.17, 15) is 8.42 Å². The SMILES string of the molecule is Cc1cnc([C@H](OC(C)C)[C@H](C)S(=O)(=O)Cc2nnc(-c3cccc(C)n3)n2[C@@H](C)c2ccno2)nc1. The molecular formula is C25H31N7O4S. The van der Waals surface area contributed by atoms with Gasteiger partial charge in [0.1, 0.15) is 23.4 Å². The summed E-state index contributed by atoms with van der Waals surface area (Å²) in [6.07, 6.45) is 3.74. The maximum absolute atomic E-state index is 13.8. The van der Waals surface area contributed by atoms with Crippen molar-refractivity contribution in [3.05, 3.63) is 71.5 Å². The van der Waals surface area contributed by atoms with Gasteiger partial charge >= 0.3 is 0 Å². The van der Waals surface area contributed by atoms with Gasteiger partial charge in [-0.25, -0.2) is 23.4 Å². The molecule has 4 rings (SSSR count). The average molecular weight is 526 g/mol. The van der Waals surface area contributed by atoms with Gasteiger partial charge in [0.05, 0.1) is 23.6 Å². The number of hydrogen-bond acceptors (Lipinski definition) is 10. The summed E-state index contributed by atoms with van der Waals surface area (Å²) in [5.41, 5.74) is 2.24. The van der Waals surface area contributed by atoms with Gasteiger partial charge < -0.3 is 9.26 Å². The molecule has 0 saturated carbocycles. The van der Waals surface area contributed by atoms with Crippen LogP contribution < -0.4 is 0 Å². The molecular weight excluding hydrogens is 494 g/mol. The number of aryl methyl sites for hydroxylation is 2. The Morgan fingerprint density at radius 3 is 2.38 bits per heavy atom. The van der Waals surface area contributed by atoms with Crippen molar-refractivity contribution in [2.45, 2.75) is 70.8 Å². The lowest BCUT2D eigenvalue weighted by Crippen LogP contribution is -2.32. The zero-order chi connectivity index (χ0) is 26.7. The molecule has 0 spiro atoms. The third-order valence-corrected chi connectivity index (χ3v) is 7.98. The van der Waals surface area contributed by atoms with Gasteiger partial charge in [0.25, 0.3) is 0 Å². The van der Waals surface area contributed by atoms with Crippen molar-refractivity contribution in [2.75, 3.05) is 0 Å². The Morgan fingerprint density at radius 2 is 1.76 bits per heavy atom. The van der Waals surface area contributed by atoms with Crippen molar-refractivity contribution in [1.82, 2.24) is 34.9 Å². The van der Waals surface area contributed by atoms with Crippen molar-refractivity contribution in [3.8, 4) is 11.5 Å². The second kappa shape index (κ2) is 10.9. The standard InChI is InChI=1S/C25H31N7O4S/c1-15(2)35-23(24-26-12-16(3)13-27-24)19(6)37(33,34)14-22-30-31-25(20-9-7-8-17(4)29-20)32(22)18(5)21-10-11-28-36-21/h7-13,15,18-19,23H,14H2,1-6H3/t18-,19-,23+/m0/s1. The number of sulfone groups is 1. The highest BCUT2D eigenvalue weighted by Crippen LogP contribution is 2.30. The fourth-order valence-electron chi connectivity index (χ4n) is 3.96. The van der Waals surface area contributed by atoms with Crippen molar-refractivity contribution in [1.29, 1.82) is 0 Å². The van der Waals surface area contributed by atoms with Gasteiger partial charge in [0, 0.05) is 24.2 Å². The lowest BCUT2D eigenvalue weighted by molar-refractivity contribution is 0.00140. The smallest absolute Gasteiger partial charge is 0.183 e. The molecule has 0 aromatic carbocycles. The molecule has 0 fully saturated rings. The van der Waals surface area contributed by atoms with Crippen molar-refractivity contribution < 1.29 is 17.7 Å². The predicted molar refractivity (Wildman–Crippen MR) is 136 cm³/mol. The van der Waals surface area contributed by atoms with E-state index in [1.165, 1.54) is 6.20 Å². The van der Waals surface area contributed by atoms with Gasteiger partial charge in [0.2, 0.25) is 0 Å². The van der Waals surface area contributed by atoms with E-state index in [0.717, 1.165) is 11.3 Å². The molecule has 37 heavy (non-hydrogen) atoms. The van der Waals surface area contributed by atoms with Crippen LogP contribution in [0.15, 0.2) is 47.4 Å². The third kappa shape index (κ3) is 5.91. The first-order valence-electron chi connectivity index (χ1n) is 12.0. The molecule has 0 aliphatic heterocycles. The highest BCUT2D eigenvalue weighted by Gasteiger charge is 2.36. The molecule has 0 bridgehead atoms. The molecule has 196 valence electrons. The van der Waals surface area contributed by atoms with Crippen LogP contribution in [0.5, 0.6) is 0 Å². The second-order valence-electron chi connectivity index (χ2n) is 9.30. The van der Waals surface area contributed by atoms with Crippen LogP contribution in [0.1, 0.15) is 68.5 Å². The van der Waals surface area contributed by atoms with Crippen molar-refractivity contribution >= 4 is 9.84 Å². The molecule has 0 aliphatic rings. The molecule has 0 radical (unpaired) electrons. The number of ether oxygens (including phenoxy) is 1. The summed E-state index contributed by atoms with van der Waals surface area (Å²) in [6.45, 7) is 10.9. The van der Waals surface area contributed by atoms with E-state index in [2.05, 4.69) is 30.3 Å². The minimum atomic E-state index is -3.81. The van der Waals surface area contributed by atoms with Crippen LogP contribution in [0.3, 0.4) is 0 Å². The third-order valence-electron chi connectivity index (χ3n) is 5.94. The van der Waals surface area contributed by atoms with E-state index in [4.69, 9.17) is 9.26 Å². The lowest BCUT2D eigenvalue weighted by Gasteiger charge is -2.25. The Hall–Kier alpha value is -3.51. The van der Waals surface area contributed by atoms with Crippen LogP contribution in [-0.2, 0) is 20.3 Å². The minimum Gasteiger partial charge on any atom is -0.366 e. The van der Waals surface area contributed by atoms with E-state index in [-0.39, 0.29) is 17.7 Å². The Morgan fingerprint density at radius 1 is 1.03 bits per heavy atom. The normalized spacial score (nSPS) is 14.6. The number of rotatable bonds is 10. The molecule has 4 heterocycles. The predicted octanol–water partition coefficient (Wildman–Crippen LogP) is 3.81. The van der Waals surface area contributed by atoms with Crippen molar-refractivity contribution in [2.24, 2.45) is 0 Å². The maximum Gasteiger partial charge on any atom is 0.183 e. The summed E-state index contributed by atoms with van der Waals surface area (Å²) < 4.78 is 40.6. The Balaban J connectivity index is 1.74. The largest absolute Gasteiger partial charge is 0.366 e. The van der Waals surface area contributed by atoms with Crippen molar-refractivity contribution in [3.63, 3.8) is 0 Å². The quantitative estimate of drug-likeness (QED) is 0.300. The number of hydrogen-bond donors (Lipinski definition) is 0. The molecule has 0 N–H and O–H groups in total. The zero-order valence-electron chi connectivity index (χ0n) is 21.7. The number of nitrogens with zero attached hydrogens (tertiary/aromatic N) is 7. The topological polar surface area (TPSA) is 139 Å². The van der Waals surface area contributed by atoms with Crippen LogP contribution >= 0.6 is 0 Å². The minimum absolute atomic E-state index is 0.235. The monoisotopic (exact) mass is 525 g/mol. The summed E-state index contributed by atoms with van der Waals surface area (Å²) in [7, 11) is -3.81. The van der Waals surface area contributed by atoms with Gasteiger partial charge in [-0.05, 0) is 59.2 Å². The van der Waals surface area contributed by atoms with Crippen LogP contribution in [0.2, 0.25) is 0 Å². The van der Waals surface area contributed by atoms with Gasteiger partial charge in [-0.3, -0.25) is 4.57 Å². The molecule has 0 saturated heterocycles. The fraction of sp³-hybridized carbons (Fsp3) is 0.440. The maximum atomic E-state index is 13.8. The Bertz CT molecular complexity index is 1430. The zero-order valence-corrected chi connectivity index (χ0v) is 22.5. The number of aromatic nitrogens is 7. The van der Waals surface area contributed by atoms with Gasteiger partial charge in [-0.1, -0.05) is 11.2 Å². The molecule has 11 nitrogen and oxygen atoms in total. The molecule has 12 heteroatoms. The summed E-state index contributed by atoms with van der Waals surface area (Å²) in [5.74, 6) is 1.16. The average Bonchev–Trinajstić information content (AvgIpc) is 3.53. The molecule has 3 atom stereocenters. The highest BCUT2D eigenvalue weighted by molar-refractivity contribution is 7.91. The van der Waals surface area contributed by atoms with Crippen LogP contribution in [-0.4, -0.2) is 54.6 Å². The van der Waals surface area contributed by atoms with E-state index >= 15 is 0 Å². The van der Waals surface area contributed by atoms with E-state index < -0.39 is 27.2 Å². The number of pyridine rings is 1. The molecule has 4 aromatic rings. The van der Waals surface area contributed by atoms with Gasteiger partial charge in [-0.15, -0.1) is 10.2 Å². The molecule has 4 aromatic heterocycles. The Kier molecular flexibility index (Phi) is 7.79. The molecule has 0 amide bonds. The molecule has 0 aliphatic carbocycles. The van der Waals surface area contributed by atoms with Crippen LogP contribution in [0.4, 0.5) is 0 Å². The van der Waals surface area contributed by atoms with E-state index in [1.54, 1.807) is 30.0 Å². The van der Waals surface area contributed by atoms with Crippen LogP contribution in [0, 0.1) is 13.8 Å². The van der Waals surface area contributed by atoms with Gasteiger partial charge in [0.15, 0.2) is 27.2 Å². The summed E-state index contributed by atoms with van der Waals surface area (Å²) in [5, 5.41) is 11.5. The molecule has 0 unspecified atom stereocenters. The van der Waals surface area contributed by atoms with Gasteiger partial charge in [-0.2, -0.15) is 0 Å².